The van der Waals surface area contributed by atoms with E-state index in [0.29, 0.717) is 16.4 Å². The van der Waals surface area contributed by atoms with E-state index in [1.54, 1.807) is 0 Å². The number of amides is 1. The van der Waals surface area contributed by atoms with Crippen LogP contribution in [0.4, 0.5) is 0 Å². The van der Waals surface area contributed by atoms with E-state index in [1.165, 1.54) is 12.8 Å². The maximum Gasteiger partial charge on any atom is 0.249 e. The molecule has 1 aliphatic carbocycles. The van der Waals surface area contributed by atoms with Gasteiger partial charge in [-0.2, -0.15) is 0 Å². The van der Waals surface area contributed by atoms with Crippen LogP contribution in [0.5, 0.6) is 5.75 Å². The first-order valence-corrected chi connectivity index (χ1v) is 10.9. The molecule has 1 amide bonds. The van der Waals surface area contributed by atoms with Crippen LogP contribution in [-0.4, -0.2) is 17.1 Å². The highest BCUT2D eigenvalue weighted by molar-refractivity contribution is 9.10. The average Bonchev–Trinajstić information content (AvgIpc) is 3.22. The minimum absolute atomic E-state index is 0.193. The molecular formula is C22H22BrN3O2S. The lowest BCUT2D eigenvalue weighted by atomic mass is 9.91. The summed E-state index contributed by atoms with van der Waals surface area (Å²) < 4.78 is 7.21. The topological polar surface area (TPSA) is 76.4 Å². The second kappa shape index (κ2) is 8.55. The van der Waals surface area contributed by atoms with E-state index in [9.17, 15) is 4.79 Å². The number of nitrogens with two attached hydrogens (primary N) is 1. The number of hydrogen-bond donors (Lipinski definition) is 3. The molecule has 0 bridgehead atoms. The van der Waals surface area contributed by atoms with Gasteiger partial charge in [-0.15, -0.1) is 0 Å². The molecule has 1 heterocycles. The smallest absolute Gasteiger partial charge is 0.249 e. The number of carbonyl (C=O) groups is 1. The number of rotatable bonds is 5. The van der Waals surface area contributed by atoms with Crippen molar-refractivity contribution < 1.29 is 9.53 Å². The van der Waals surface area contributed by atoms with Gasteiger partial charge >= 0.3 is 0 Å². The van der Waals surface area contributed by atoms with Gasteiger partial charge in [0.25, 0.3) is 0 Å². The van der Waals surface area contributed by atoms with Gasteiger partial charge in [-0.3, -0.25) is 4.79 Å². The minimum atomic E-state index is -0.511. The molecule has 4 N–H and O–H groups in total. The lowest BCUT2D eigenvalue weighted by Crippen LogP contribution is -2.46. The normalized spacial score (nSPS) is 19.6. The van der Waals surface area contributed by atoms with Crippen LogP contribution in [0, 0.1) is 0 Å². The van der Waals surface area contributed by atoms with Gasteiger partial charge in [-0.1, -0.05) is 46.3 Å². The van der Waals surface area contributed by atoms with Crippen LogP contribution in [0.25, 0.3) is 5.70 Å². The number of nitrogens with one attached hydrogen (secondary N) is 2. The lowest BCUT2D eigenvalue weighted by Gasteiger charge is -2.32. The van der Waals surface area contributed by atoms with Gasteiger partial charge in [-0.05, 0) is 61.7 Å². The third kappa shape index (κ3) is 4.31. The molecule has 1 saturated carbocycles. The fourth-order valence-corrected chi connectivity index (χ4v) is 4.53. The van der Waals surface area contributed by atoms with Crippen molar-refractivity contribution in [1.29, 1.82) is 0 Å². The molecule has 2 aromatic carbocycles. The Morgan fingerprint density at radius 3 is 2.55 bits per heavy atom. The average molecular weight is 472 g/mol. The maximum absolute atomic E-state index is 12.6. The van der Waals surface area contributed by atoms with E-state index in [-0.39, 0.29) is 6.10 Å². The van der Waals surface area contributed by atoms with Crippen molar-refractivity contribution >= 4 is 44.9 Å². The van der Waals surface area contributed by atoms with Crippen molar-refractivity contribution in [2.45, 2.75) is 37.8 Å². The molecule has 29 heavy (non-hydrogen) atoms. The number of hydrogen-bond acceptors (Lipinski definition) is 3. The number of thiocarbonyl (C=S) groups is 1. The number of ether oxygens (including phenoxy) is 1. The van der Waals surface area contributed by atoms with Crippen LogP contribution in [-0.2, 0) is 4.79 Å². The summed E-state index contributed by atoms with van der Waals surface area (Å²) in [6, 6.07) is 14.9. The second-order valence-electron chi connectivity index (χ2n) is 7.26. The summed E-state index contributed by atoms with van der Waals surface area (Å²) in [5.74, 6) is 0.233. The van der Waals surface area contributed by atoms with Crippen molar-refractivity contribution in [2.24, 2.45) is 5.73 Å². The summed E-state index contributed by atoms with van der Waals surface area (Å²) in [5.41, 5.74) is 8.58. The summed E-state index contributed by atoms with van der Waals surface area (Å²) in [6.07, 6.45) is 4.63. The van der Waals surface area contributed by atoms with Gasteiger partial charge in [0.15, 0.2) is 5.11 Å². The molecule has 0 aromatic heterocycles. The van der Waals surface area contributed by atoms with E-state index in [4.69, 9.17) is 22.7 Å². The molecule has 2 aromatic rings. The Morgan fingerprint density at radius 2 is 1.86 bits per heavy atom. The van der Waals surface area contributed by atoms with Crippen LogP contribution in [0.1, 0.15) is 42.9 Å². The summed E-state index contributed by atoms with van der Waals surface area (Å²) >= 11 is 9.00. The fraction of sp³-hybridized carbons (Fsp3) is 0.273. The van der Waals surface area contributed by atoms with Crippen LogP contribution in [0.3, 0.4) is 0 Å². The number of carbonyl (C=O) groups excluding carboxylic acids is 1. The summed E-state index contributed by atoms with van der Waals surface area (Å²) in [6.45, 7) is 0. The van der Waals surface area contributed by atoms with E-state index in [0.717, 1.165) is 34.2 Å². The Balaban J connectivity index is 1.83. The quantitative estimate of drug-likeness (QED) is 0.570. The molecule has 0 spiro atoms. The second-order valence-corrected chi connectivity index (χ2v) is 8.58. The molecule has 0 radical (unpaired) electrons. The Labute approximate surface area is 183 Å². The summed E-state index contributed by atoms with van der Waals surface area (Å²) in [4.78, 5) is 12.6. The Hall–Kier alpha value is -2.38. The summed E-state index contributed by atoms with van der Waals surface area (Å²) in [7, 11) is 0. The maximum atomic E-state index is 12.6. The third-order valence-electron chi connectivity index (χ3n) is 5.28. The van der Waals surface area contributed by atoms with Crippen molar-refractivity contribution in [2.75, 3.05) is 0 Å². The van der Waals surface area contributed by atoms with Gasteiger partial charge in [0.1, 0.15) is 5.75 Å². The highest BCUT2D eigenvalue weighted by Crippen LogP contribution is 2.38. The van der Waals surface area contributed by atoms with E-state index in [1.807, 2.05) is 48.5 Å². The first kappa shape index (κ1) is 19.9. The zero-order valence-corrected chi connectivity index (χ0v) is 18.2. The first-order valence-electron chi connectivity index (χ1n) is 9.66. The zero-order valence-electron chi connectivity index (χ0n) is 15.8. The molecule has 7 heteroatoms. The van der Waals surface area contributed by atoms with Crippen LogP contribution in [0.2, 0.25) is 0 Å². The van der Waals surface area contributed by atoms with Crippen molar-refractivity contribution in [3.8, 4) is 5.75 Å². The third-order valence-corrected chi connectivity index (χ3v) is 5.99. The molecule has 1 aliphatic heterocycles. The van der Waals surface area contributed by atoms with Crippen LogP contribution >= 0.6 is 28.1 Å². The Morgan fingerprint density at radius 1 is 1.14 bits per heavy atom. The Kier molecular flexibility index (Phi) is 5.87. The van der Waals surface area contributed by atoms with Gasteiger partial charge in [0.2, 0.25) is 5.91 Å². The monoisotopic (exact) mass is 471 g/mol. The number of primary amides is 1. The Bertz CT molecular complexity index is 971. The molecular weight excluding hydrogens is 450 g/mol. The van der Waals surface area contributed by atoms with Gasteiger partial charge < -0.3 is 21.1 Å². The predicted octanol–water partition coefficient (Wildman–Crippen LogP) is 4.19. The number of benzene rings is 2. The SMILES string of the molecule is NC(=O)C1=C(c2ccccc2)NC(=S)NC1c1cc(Br)ccc1OC1CCCC1. The molecule has 1 fully saturated rings. The molecule has 150 valence electrons. The highest BCUT2D eigenvalue weighted by atomic mass is 79.9. The van der Waals surface area contributed by atoms with Crippen molar-refractivity contribution in [3.63, 3.8) is 0 Å². The highest BCUT2D eigenvalue weighted by Gasteiger charge is 2.33. The van der Waals surface area contributed by atoms with Crippen LogP contribution in [0.15, 0.2) is 58.6 Å². The molecule has 2 aliphatic rings. The largest absolute Gasteiger partial charge is 0.490 e. The van der Waals surface area contributed by atoms with Gasteiger partial charge in [0, 0.05) is 10.0 Å². The molecule has 1 unspecified atom stereocenters. The van der Waals surface area contributed by atoms with Gasteiger partial charge in [0.05, 0.1) is 23.4 Å². The van der Waals surface area contributed by atoms with Crippen molar-refractivity contribution in [1.82, 2.24) is 10.6 Å². The van der Waals surface area contributed by atoms with E-state index >= 15 is 0 Å². The van der Waals surface area contributed by atoms with E-state index < -0.39 is 11.9 Å². The molecule has 1 atom stereocenters. The number of halogens is 1. The van der Waals surface area contributed by atoms with E-state index in [2.05, 4.69) is 26.6 Å². The van der Waals surface area contributed by atoms with Crippen molar-refractivity contribution in [3.05, 3.63) is 69.7 Å². The minimum Gasteiger partial charge on any atom is -0.490 e. The lowest BCUT2D eigenvalue weighted by molar-refractivity contribution is -0.114. The fourth-order valence-electron chi connectivity index (χ4n) is 3.93. The summed E-state index contributed by atoms with van der Waals surface area (Å²) in [5, 5.41) is 6.77. The molecule has 4 rings (SSSR count). The standard InChI is InChI=1S/C22H22BrN3O2S/c23-14-10-11-17(28-15-8-4-5-9-15)16(12-14)20-18(21(24)27)19(25-22(29)26-20)13-6-2-1-3-7-13/h1-3,6-7,10-12,15,20H,4-5,8-9H2,(H2,24,27)(H2,25,26,29). The molecule has 5 nitrogen and oxygen atoms in total. The predicted molar refractivity (Wildman–Crippen MR) is 121 cm³/mol. The van der Waals surface area contributed by atoms with Crippen LogP contribution < -0.4 is 21.1 Å². The first-order chi connectivity index (χ1) is 14.0. The van der Waals surface area contributed by atoms with Gasteiger partial charge in [-0.25, -0.2) is 0 Å². The zero-order chi connectivity index (χ0) is 20.4. The molecule has 0 saturated heterocycles.